The second-order valence-electron chi connectivity index (χ2n) is 5.15. The summed E-state index contributed by atoms with van der Waals surface area (Å²) in [5.74, 6) is 1.33. The third kappa shape index (κ3) is 2.89. The van der Waals surface area contributed by atoms with Crippen molar-refractivity contribution in [1.29, 1.82) is 0 Å². The van der Waals surface area contributed by atoms with Gasteiger partial charge in [-0.3, -0.25) is 4.98 Å². The summed E-state index contributed by atoms with van der Waals surface area (Å²) in [5.41, 5.74) is 1.51. The highest BCUT2D eigenvalue weighted by Crippen LogP contribution is 2.33. The van der Waals surface area contributed by atoms with Crippen LogP contribution in [0.3, 0.4) is 0 Å². The molecule has 100 valence electrons. The molecule has 0 saturated carbocycles. The van der Waals surface area contributed by atoms with Crippen molar-refractivity contribution >= 4 is 21.7 Å². The Morgan fingerprint density at radius 3 is 2.42 bits per heavy atom. The van der Waals surface area contributed by atoms with Gasteiger partial charge in [-0.15, -0.1) is 0 Å². The molecule has 2 aromatic rings. The van der Waals surface area contributed by atoms with Crippen LogP contribution in [0.15, 0.2) is 23.1 Å². The number of hydrogen-bond donors (Lipinski definition) is 1. The second-order valence-corrected chi connectivity index (χ2v) is 5.94. The summed E-state index contributed by atoms with van der Waals surface area (Å²) in [6, 6.07) is 0. The van der Waals surface area contributed by atoms with Crippen molar-refractivity contribution in [3.63, 3.8) is 0 Å². The van der Waals surface area contributed by atoms with Crippen LogP contribution in [0.4, 0.5) is 5.82 Å². The lowest BCUT2D eigenvalue weighted by Crippen LogP contribution is -2.17. The maximum Gasteiger partial charge on any atom is 0.182 e. The van der Waals surface area contributed by atoms with Crippen LogP contribution < -0.4 is 5.32 Å². The van der Waals surface area contributed by atoms with Gasteiger partial charge in [0, 0.05) is 24.9 Å². The maximum absolute atomic E-state index is 4.62. The summed E-state index contributed by atoms with van der Waals surface area (Å²) in [6.07, 6.45) is 4.93. The molecule has 0 aliphatic carbocycles. The molecule has 0 saturated heterocycles. The van der Waals surface area contributed by atoms with Crippen molar-refractivity contribution in [2.45, 2.75) is 26.2 Å². The van der Waals surface area contributed by atoms with Crippen molar-refractivity contribution in [2.24, 2.45) is 0 Å². The quantitative estimate of drug-likeness (QED) is 0.921. The van der Waals surface area contributed by atoms with Crippen LogP contribution in [-0.4, -0.2) is 27.0 Å². The van der Waals surface area contributed by atoms with Crippen LogP contribution >= 0.6 is 15.9 Å². The highest BCUT2D eigenvalue weighted by molar-refractivity contribution is 9.10. The van der Waals surface area contributed by atoms with E-state index in [1.54, 1.807) is 18.6 Å². The van der Waals surface area contributed by atoms with Gasteiger partial charge in [-0.05, 0) is 15.9 Å². The van der Waals surface area contributed by atoms with Gasteiger partial charge >= 0.3 is 0 Å². The van der Waals surface area contributed by atoms with Gasteiger partial charge in [0.05, 0.1) is 16.4 Å². The van der Waals surface area contributed by atoms with Gasteiger partial charge in [0.15, 0.2) is 5.82 Å². The molecule has 0 amide bonds. The normalized spacial score (nSPS) is 11.4. The molecule has 1 N–H and O–H groups in total. The van der Waals surface area contributed by atoms with E-state index in [0.717, 1.165) is 16.0 Å². The number of aromatic nitrogens is 4. The van der Waals surface area contributed by atoms with Gasteiger partial charge in [-0.1, -0.05) is 20.8 Å². The highest BCUT2D eigenvalue weighted by atomic mass is 79.9. The molecule has 0 bridgehead atoms. The SMILES string of the molecule is CNc1nc(-c2cnccn2)nc(C(C)(C)C)c1Br. The Morgan fingerprint density at radius 1 is 1.16 bits per heavy atom. The molecule has 2 heterocycles. The van der Waals surface area contributed by atoms with E-state index in [4.69, 9.17) is 0 Å². The minimum absolute atomic E-state index is 0.0929. The third-order valence-corrected chi connectivity index (χ3v) is 3.34. The van der Waals surface area contributed by atoms with Gasteiger partial charge in [0.2, 0.25) is 0 Å². The van der Waals surface area contributed by atoms with Gasteiger partial charge in [-0.25, -0.2) is 15.0 Å². The van der Waals surface area contributed by atoms with Crippen molar-refractivity contribution in [2.75, 3.05) is 12.4 Å². The number of nitrogens with one attached hydrogen (secondary N) is 1. The van der Waals surface area contributed by atoms with Crippen LogP contribution in [0.1, 0.15) is 26.5 Å². The predicted molar refractivity (Wildman–Crippen MR) is 79.0 cm³/mol. The molecule has 0 aliphatic heterocycles. The summed E-state index contributed by atoms with van der Waals surface area (Å²) in [4.78, 5) is 17.4. The van der Waals surface area contributed by atoms with E-state index in [9.17, 15) is 0 Å². The Kier molecular flexibility index (Phi) is 3.80. The number of rotatable bonds is 2. The summed E-state index contributed by atoms with van der Waals surface area (Å²) in [7, 11) is 1.83. The zero-order chi connectivity index (χ0) is 14.0. The summed E-state index contributed by atoms with van der Waals surface area (Å²) in [6.45, 7) is 6.33. The number of hydrogen-bond acceptors (Lipinski definition) is 5. The van der Waals surface area contributed by atoms with Crippen molar-refractivity contribution < 1.29 is 0 Å². The van der Waals surface area contributed by atoms with E-state index in [0.29, 0.717) is 11.5 Å². The zero-order valence-corrected chi connectivity index (χ0v) is 13.0. The largest absolute Gasteiger partial charge is 0.372 e. The van der Waals surface area contributed by atoms with E-state index < -0.39 is 0 Å². The molecule has 2 rings (SSSR count). The first kappa shape index (κ1) is 13.9. The summed E-state index contributed by atoms with van der Waals surface area (Å²) < 4.78 is 0.884. The first-order valence-corrected chi connectivity index (χ1v) is 6.75. The average molecular weight is 322 g/mol. The molecule has 0 aliphatic rings. The van der Waals surface area contributed by atoms with E-state index in [-0.39, 0.29) is 5.41 Å². The second kappa shape index (κ2) is 5.21. The topological polar surface area (TPSA) is 63.6 Å². The molecule has 0 unspecified atom stereocenters. The lowest BCUT2D eigenvalue weighted by molar-refractivity contribution is 0.564. The molecule has 19 heavy (non-hydrogen) atoms. The third-order valence-electron chi connectivity index (χ3n) is 2.59. The first-order valence-electron chi connectivity index (χ1n) is 5.95. The lowest BCUT2D eigenvalue weighted by atomic mass is 9.92. The van der Waals surface area contributed by atoms with Gasteiger partial charge in [0.25, 0.3) is 0 Å². The fourth-order valence-corrected chi connectivity index (χ4v) is 2.61. The minimum atomic E-state index is -0.0929. The predicted octanol–water partition coefficient (Wildman–Crippen LogP) is 3.04. The molecule has 6 heteroatoms. The van der Waals surface area contributed by atoms with Gasteiger partial charge in [-0.2, -0.15) is 0 Å². The minimum Gasteiger partial charge on any atom is -0.372 e. The van der Waals surface area contributed by atoms with Crippen LogP contribution in [0.2, 0.25) is 0 Å². The lowest BCUT2D eigenvalue weighted by Gasteiger charge is -2.21. The average Bonchev–Trinajstić information content (AvgIpc) is 2.38. The highest BCUT2D eigenvalue weighted by Gasteiger charge is 2.23. The van der Waals surface area contributed by atoms with Crippen LogP contribution in [0.25, 0.3) is 11.5 Å². The van der Waals surface area contributed by atoms with E-state index in [2.05, 4.69) is 62.0 Å². The summed E-state index contributed by atoms with van der Waals surface area (Å²) in [5, 5.41) is 3.07. The molecule has 5 nitrogen and oxygen atoms in total. The van der Waals surface area contributed by atoms with Crippen molar-refractivity contribution in [3.05, 3.63) is 28.8 Å². The van der Waals surface area contributed by atoms with Gasteiger partial charge < -0.3 is 5.32 Å². The van der Waals surface area contributed by atoms with E-state index in [1.807, 2.05) is 7.05 Å². The Hall–Kier alpha value is -1.56. The molecule has 0 aromatic carbocycles. The maximum atomic E-state index is 4.62. The molecular weight excluding hydrogens is 306 g/mol. The molecule has 0 spiro atoms. The van der Waals surface area contributed by atoms with E-state index in [1.165, 1.54) is 0 Å². The Morgan fingerprint density at radius 2 is 1.89 bits per heavy atom. The zero-order valence-electron chi connectivity index (χ0n) is 11.4. The Balaban J connectivity index is 2.65. The number of halogens is 1. The van der Waals surface area contributed by atoms with Gasteiger partial charge in [0.1, 0.15) is 11.5 Å². The summed E-state index contributed by atoms with van der Waals surface area (Å²) >= 11 is 3.56. The van der Waals surface area contributed by atoms with Crippen LogP contribution in [0.5, 0.6) is 0 Å². The van der Waals surface area contributed by atoms with E-state index >= 15 is 0 Å². The monoisotopic (exact) mass is 321 g/mol. The van der Waals surface area contributed by atoms with Crippen molar-refractivity contribution in [1.82, 2.24) is 19.9 Å². The molecule has 0 atom stereocenters. The van der Waals surface area contributed by atoms with Crippen LogP contribution in [-0.2, 0) is 5.41 Å². The number of anilines is 1. The molecule has 0 fully saturated rings. The first-order chi connectivity index (χ1) is 8.93. The fourth-order valence-electron chi connectivity index (χ4n) is 1.64. The standard InChI is InChI=1S/C13H16BrN5/c1-13(2,3)10-9(14)12(15-4)19-11(18-10)8-7-16-5-6-17-8/h5-7H,1-4H3,(H,15,18,19). The molecule has 0 radical (unpaired) electrons. The number of nitrogens with zero attached hydrogens (tertiary/aromatic N) is 4. The fraction of sp³-hybridized carbons (Fsp3) is 0.385. The Bertz CT molecular complexity index is 578. The molecule has 2 aromatic heterocycles. The smallest absolute Gasteiger partial charge is 0.182 e. The Labute approximate surface area is 121 Å². The van der Waals surface area contributed by atoms with Crippen molar-refractivity contribution in [3.8, 4) is 11.5 Å². The molecular formula is C13H16BrN5. The van der Waals surface area contributed by atoms with Crippen LogP contribution in [0, 0.1) is 0 Å².